The van der Waals surface area contributed by atoms with Crippen LogP contribution in [0.15, 0.2) is 0 Å². The van der Waals surface area contributed by atoms with E-state index in [2.05, 4.69) is 11.9 Å². The molecular formula is C15H29N3O. The van der Waals surface area contributed by atoms with Gasteiger partial charge in [0.2, 0.25) is 5.91 Å². The maximum atomic E-state index is 12.5. The van der Waals surface area contributed by atoms with Crippen molar-refractivity contribution in [1.29, 1.82) is 0 Å². The monoisotopic (exact) mass is 267 g/mol. The molecule has 1 saturated heterocycles. The Hall–Kier alpha value is -0.610. The molecule has 2 rings (SSSR count). The zero-order valence-electron chi connectivity index (χ0n) is 12.5. The molecule has 0 aromatic heterocycles. The Balaban J connectivity index is 1.85. The maximum Gasteiger partial charge on any atom is 0.242 e. The molecule has 2 aliphatic rings. The van der Waals surface area contributed by atoms with E-state index in [1.807, 2.05) is 11.9 Å². The summed E-state index contributed by atoms with van der Waals surface area (Å²) in [6.45, 7) is 3.19. The third-order valence-electron chi connectivity index (χ3n) is 4.89. The summed E-state index contributed by atoms with van der Waals surface area (Å²) in [6.07, 6.45) is 7.56. The molecule has 1 aliphatic heterocycles. The van der Waals surface area contributed by atoms with E-state index in [4.69, 9.17) is 5.73 Å². The summed E-state index contributed by atoms with van der Waals surface area (Å²) in [7, 11) is 4.10. The van der Waals surface area contributed by atoms with Crippen LogP contribution in [0.25, 0.3) is 0 Å². The minimum atomic E-state index is -0.571. The van der Waals surface area contributed by atoms with Crippen molar-refractivity contribution in [1.82, 2.24) is 9.80 Å². The zero-order chi connectivity index (χ0) is 13.9. The van der Waals surface area contributed by atoms with E-state index < -0.39 is 5.54 Å². The van der Waals surface area contributed by atoms with Gasteiger partial charge in [-0.3, -0.25) is 4.79 Å². The molecule has 19 heavy (non-hydrogen) atoms. The number of hydrogen-bond acceptors (Lipinski definition) is 3. The molecule has 4 heteroatoms. The zero-order valence-corrected chi connectivity index (χ0v) is 12.5. The van der Waals surface area contributed by atoms with Crippen molar-refractivity contribution >= 4 is 5.91 Å². The summed E-state index contributed by atoms with van der Waals surface area (Å²) in [4.78, 5) is 16.8. The van der Waals surface area contributed by atoms with E-state index in [9.17, 15) is 4.79 Å². The van der Waals surface area contributed by atoms with Gasteiger partial charge < -0.3 is 15.5 Å². The summed E-state index contributed by atoms with van der Waals surface area (Å²) in [5.41, 5.74) is 5.76. The largest absolute Gasteiger partial charge is 0.344 e. The van der Waals surface area contributed by atoms with Crippen molar-refractivity contribution in [3.05, 3.63) is 0 Å². The van der Waals surface area contributed by atoms with Crippen LogP contribution in [0.2, 0.25) is 0 Å². The first-order valence-corrected chi connectivity index (χ1v) is 7.74. The van der Waals surface area contributed by atoms with E-state index in [1.54, 1.807) is 0 Å². The number of rotatable bonds is 3. The lowest BCUT2D eigenvalue weighted by Crippen LogP contribution is -2.56. The molecule has 1 aliphatic carbocycles. The Morgan fingerprint density at radius 3 is 2.42 bits per heavy atom. The van der Waals surface area contributed by atoms with Crippen molar-refractivity contribution in [3.8, 4) is 0 Å². The lowest BCUT2D eigenvalue weighted by molar-refractivity contribution is -0.137. The van der Waals surface area contributed by atoms with Crippen LogP contribution in [-0.2, 0) is 4.79 Å². The van der Waals surface area contributed by atoms with Gasteiger partial charge in [-0.05, 0) is 51.7 Å². The van der Waals surface area contributed by atoms with Crippen LogP contribution in [0, 0.1) is 5.92 Å². The standard InChI is InChI=1S/C15H29N3O/c1-17-10-6-13(7-11-17)12-18(2)14(19)15(16)8-4-3-5-9-15/h13H,3-12,16H2,1-2H3. The molecule has 0 aromatic rings. The van der Waals surface area contributed by atoms with Gasteiger partial charge >= 0.3 is 0 Å². The van der Waals surface area contributed by atoms with Crippen LogP contribution in [0.1, 0.15) is 44.9 Å². The Labute approximate surface area is 117 Å². The molecular weight excluding hydrogens is 238 g/mol. The number of carbonyl (C=O) groups excluding carboxylic acids is 1. The van der Waals surface area contributed by atoms with Gasteiger partial charge in [0.25, 0.3) is 0 Å². The van der Waals surface area contributed by atoms with Gasteiger partial charge in [0.15, 0.2) is 0 Å². The molecule has 0 bridgehead atoms. The fraction of sp³-hybridized carbons (Fsp3) is 0.933. The number of likely N-dealkylation sites (N-methyl/N-ethyl adjacent to an activating group) is 1. The highest BCUT2D eigenvalue weighted by molar-refractivity contribution is 5.86. The van der Waals surface area contributed by atoms with Crippen molar-refractivity contribution in [2.75, 3.05) is 33.7 Å². The Morgan fingerprint density at radius 2 is 1.84 bits per heavy atom. The van der Waals surface area contributed by atoms with Gasteiger partial charge in [0.1, 0.15) is 0 Å². The van der Waals surface area contributed by atoms with Crippen molar-refractivity contribution in [2.45, 2.75) is 50.5 Å². The maximum absolute atomic E-state index is 12.5. The van der Waals surface area contributed by atoms with E-state index in [0.29, 0.717) is 5.92 Å². The van der Waals surface area contributed by atoms with E-state index >= 15 is 0 Å². The van der Waals surface area contributed by atoms with E-state index in [1.165, 1.54) is 19.3 Å². The van der Waals surface area contributed by atoms with E-state index in [-0.39, 0.29) is 5.91 Å². The second kappa shape index (κ2) is 6.23. The molecule has 0 radical (unpaired) electrons. The molecule has 0 atom stereocenters. The summed E-state index contributed by atoms with van der Waals surface area (Å²) in [5, 5.41) is 0. The average Bonchev–Trinajstić information content (AvgIpc) is 2.41. The number of nitrogens with zero attached hydrogens (tertiary/aromatic N) is 2. The smallest absolute Gasteiger partial charge is 0.242 e. The number of likely N-dealkylation sites (tertiary alicyclic amines) is 1. The van der Waals surface area contributed by atoms with Crippen LogP contribution in [-0.4, -0.2) is 55.0 Å². The first-order valence-electron chi connectivity index (χ1n) is 7.74. The molecule has 2 N–H and O–H groups in total. The highest BCUT2D eigenvalue weighted by Crippen LogP contribution is 2.28. The van der Waals surface area contributed by atoms with Crippen LogP contribution >= 0.6 is 0 Å². The Kier molecular flexibility index (Phi) is 4.85. The molecule has 0 unspecified atom stereocenters. The number of piperidine rings is 1. The van der Waals surface area contributed by atoms with Crippen LogP contribution in [0.5, 0.6) is 0 Å². The highest BCUT2D eigenvalue weighted by atomic mass is 16.2. The van der Waals surface area contributed by atoms with Crippen molar-refractivity contribution < 1.29 is 4.79 Å². The molecule has 1 saturated carbocycles. The predicted octanol–water partition coefficient (Wildman–Crippen LogP) is 1.45. The Bertz CT molecular complexity index is 305. The predicted molar refractivity (Wildman–Crippen MR) is 77.9 cm³/mol. The van der Waals surface area contributed by atoms with Gasteiger partial charge in [-0.25, -0.2) is 0 Å². The van der Waals surface area contributed by atoms with Crippen LogP contribution in [0.4, 0.5) is 0 Å². The lowest BCUT2D eigenvalue weighted by Gasteiger charge is -2.38. The third-order valence-corrected chi connectivity index (χ3v) is 4.89. The molecule has 0 aromatic carbocycles. The molecule has 1 heterocycles. The van der Waals surface area contributed by atoms with Crippen LogP contribution < -0.4 is 5.73 Å². The average molecular weight is 267 g/mol. The van der Waals surface area contributed by atoms with Gasteiger partial charge in [0.05, 0.1) is 5.54 Å². The minimum Gasteiger partial charge on any atom is -0.344 e. The Morgan fingerprint density at radius 1 is 1.26 bits per heavy atom. The lowest BCUT2D eigenvalue weighted by atomic mass is 9.81. The number of hydrogen-bond donors (Lipinski definition) is 1. The summed E-state index contributed by atoms with van der Waals surface area (Å²) >= 11 is 0. The fourth-order valence-corrected chi connectivity index (χ4v) is 3.49. The molecule has 110 valence electrons. The topological polar surface area (TPSA) is 49.6 Å². The molecule has 2 fully saturated rings. The van der Waals surface area contributed by atoms with Crippen molar-refractivity contribution in [3.63, 3.8) is 0 Å². The molecule has 1 amide bonds. The third kappa shape index (κ3) is 3.69. The number of amides is 1. The fourth-order valence-electron chi connectivity index (χ4n) is 3.49. The van der Waals surface area contributed by atoms with Crippen molar-refractivity contribution in [2.24, 2.45) is 11.7 Å². The van der Waals surface area contributed by atoms with Crippen LogP contribution in [0.3, 0.4) is 0 Å². The first-order chi connectivity index (χ1) is 9.01. The second-order valence-corrected chi connectivity index (χ2v) is 6.65. The minimum absolute atomic E-state index is 0.172. The first kappa shape index (κ1) is 14.8. The van der Waals surface area contributed by atoms with E-state index in [0.717, 1.165) is 45.3 Å². The van der Waals surface area contributed by atoms with Gasteiger partial charge in [-0.2, -0.15) is 0 Å². The number of carbonyl (C=O) groups is 1. The number of nitrogens with two attached hydrogens (primary N) is 1. The quantitative estimate of drug-likeness (QED) is 0.842. The van der Waals surface area contributed by atoms with Gasteiger partial charge in [0, 0.05) is 13.6 Å². The van der Waals surface area contributed by atoms with Gasteiger partial charge in [-0.15, -0.1) is 0 Å². The van der Waals surface area contributed by atoms with Gasteiger partial charge in [-0.1, -0.05) is 19.3 Å². The second-order valence-electron chi connectivity index (χ2n) is 6.65. The summed E-state index contributed by atoms with van der Waals surface area (Å²) < 4.78 is 0. The summed E-state index contributed by atoms with van der Waals surface area (Å²) in [5.74, 6) is 0.823. The molecule has 4 nitrogen and oxygen atoms in total. The summed E-state index contributed by atoms with van der Waals surface area (Å²) in [6, 6.07) is 0. The molecule has 0 spiro atoms. The highest BCUT2D eigenvalue weighted by Gasteiger charge is 2.37. The normalized spacial score (nSPS) is 25.2. The SMILES string of the molecule is CN1CCC(CN(C)C(=O)C2(N)CCCCC2)CC1.